The quantitative estimate of drug-likeness (QED) is 0.409. The number of benzene rings is 1. The monoisotopic (exact) mass is 491 g/mol. The molecule has 0 aliphatic carbocycles. The van der Waals surface area contributed by atoms with Crippen molar-refractivity contribution in [2.45, 2.75) is 58.0 Å². The van der Waals surface area contributed by atoms with Crippen molar-refractivity contribution in [2.24, 2.45) is 0 Å². The molecule has 11 heteroatoms. The maximum atomic E-state index is 14.5. The Kier molecular flexibility index (Phi) is 7.78. The number of imide groups is 2. The van der Waals surface area contributed by atoms with Crippen molar-refractivity contribution in [1.29, 1.82) is 0 Å². The highest BCUT2D eigenvalue weighted by molar-refractivity contribution is 6.25. The van der Waals surface area contributed by atoms with E-state index in [1.807, 2.05) is 18.7 Å². The second-order valence-corrected chi connectivity index (χ2v) is 8.65. The van der Waals surface area contributed by atoms with Gasteiger partial charge in [0.15, 0.2) is 6.29 Å². The zero-order chi connectivity index (χ0) is 25.1. The Balaban J connectivity index is 1.47. The molecule has 10 nitrogen and oxygen atoms in total. The predicted molar refractivity (Wildman–Crippen MR) is 121 cm³/mol. The van der Waals surface area contributed by atoms with Gasteiger partial charge in [-0.1, -0.05) is 0 Å². The number of nitrogens with one attached hydrogen (secondary N) is 1. The molecule has 0 spiro atoms. The lowest BCUT2D eigenvalue weighted by Crippen LogP contribution is -2.54. The highest BCUT2D eigenvalue weighted by atomic mass is 19.1. The van der Waals surface area contributed by atoms with Crippen LogP contribution in [0.1, 0.15) is 60.2 Å². The first kappa shape index (κ1) is 25.2. The van der Waals surface area contributed by atoms with Crippen molar-refractivity contribution in [2.75, 3.05) is 37.8 Å². The minimum Gasteiger partial charge on any atom is -0.373 e. The third-order valence-electron chi connectivity index (χ3n) is 6.44. The van der Waals surface area contributed by atoms with E-state index in [2.05, 4.69) is 5.32 Å². The van der Waals surface area contributed by atoms with Gasteiger partial charge in [0.25, 0.3) is 11.8 Å². The number of rotatable bonds is 9. The predicted octanol–water partition coefficient (Wildman–Crippen LogP) is 1.61. The Morgan fingerprint density at radius 3 is 2.34 bits per heavy atom. The van der Waals surface area contributed by atoms with Crippen molar-refractivity contribution in [3.63, 3.8) is 0 Å². The number of halogens is 1. The van der Waals surface area contributed by atoms with Crippen LogP contribution in [0.4, 0.5) is 10.1 Å². The molecule has 190 valence electrons. The summed E-state index contributed by atoms with van der Waals surface area (Å²) in [6.45, 7) is 6.09. The van der Waals surface area contributed by atoms with Crippen LogP contribution in [-0.2, 0) is 23.8 Å². The topological polar surface area (TPSA) is 114 Å². The van der Waals surface area contributed by atoms with Crippen LogP contribution in [0, 0.1) is 5.82 Å². The number of hydrogen-bond acceptors (Lipinski definition) is 8. The van der Waals surface area contributed by atoms with Crippen LogP contribution < -0.4 is 10.2 Å². The number of ether oxygens (including phenoxy) is 3. The molecule has 35 heavy (non-hydrogen) atoms. The minimum absolute atomic E-state index is 0.0198. The fourth-order valence-corrected chi connectivity index (χ4v) is 4.78. The smallest absolute Gasteiger partial charge is 0.264 e. The van der Waals surface area contributed by atoms with Gasteiger partial charge < -0.3 is 19.1 Å². The number of carbonyl (C=O) groups excluding carboxylic acids is 4. The first-order valence-electron chi connectivity index (χ1n) is 12.0. The standard InChI is InChI=1S/C24H30FN3O7/c1-3-33-20(34-4-2)13-35-15-7-9-27(10-8-15)18-12-14(25)11-16-21(18)24(32)28(23(16)31)17-5-6-19(29)26-22(17)30/h11-12,15,17,20H,3-10,13H2,1-2H3,(H,26,29,30). The number of hydrogen-bond donors (Lipinski definition) is 1. The van der Waals surface area contributed by atoms with Gasteiger partial charge in [-0.05, 0) is 45.2 Å². The third kappa shape index (κ3) is 5.21. The molecule has 4 amide bonds. The lowest BCUT2D eigenvalue weighted by Gasteiger charge is -2.35. The molecule has 0 bridgehead atoms. The van der Waals surface area contributed by atoms with Gasteiger partial charge in [0, 0.05) is 32.7 Å². The van der Waals surface area contributed by atoms with Gasteiger partial charge in [-0.25, -0.2) is 4.39 Å². The molecular formula is C24H30FN3O7. The highest BCUT2D eigenvalue weighted by Crippen LogP contribution is 2.36. The SMILES string of the molecule is CCOC(COC1CCN(c2cc(F)cc3c2C(=O)N(C2CCC(=O)NC2=O)C3=O)CC1)OCC. The van der Waals surface area contributed by atoms with Gasteiger partial charge in [0.05, 0.1) is 29.5 Å². The molecular weight excluding hydrogens is 461 g/mol. The van der Waals surface area contributed by atoms with E-state index in [0.717, 1.165) is 11.0 Å². The fourth-order valence-electron chi connectivity index (χ4n) is 4.78. The summed E-state index contributed by atoms with van der Waals surface area (Å²) in [7, 11) is 0. The molecule has 1 unspecified atom stereocenters. The van der Waals surface area contributed by atoms with Gasteiger partial charge in [0.1, 0.15) is 11.9 Å². The highest BCUT2D eigenvalue weighted by Gasteiger charge is 2.46. The van der Waals surface area contributed by atoms with Crippen LogP contribution in [0.25, 0.3) is 0 Å². The van der Waals surface area contributed by atoms with Gasteiger partial charge in [-0.2, -0.15) is 0 Å². The fraction of sp³-hybridized carbons (Fsp3) is 0.583. The first-order chi connectivity index (χ1) is 16.8. The molecule has 0 aromatic heterocycles. The third-order valence-corrected chi connectivity index (χ3v) is 6.44. The normalized spacial score (nSPS) is 21.2. The second kappa shape index (κ2) is 10.8. The zero-order valence-electron chi connectivity index (χ0n) is 19.9. The van der Waals surface area contributed by atoms with Crippen LogP contribution in [0.5, 0.6) is 0 Å². The molecule has 2 saturated heterocycles. The van der Waals surface area contributed by atoms with E-state index in [1.54, 1.807) is 0 Å². The Bertz CT molecular complexity index is 1000. The van der Waals surface area contributed by atoms with E-state index in [0.29, 0.717) is 51.4 Å². The molecule has 1 aromatic rings. The Morgan fingerprint density at radius 1 is 1.03 bits per heavy atom. The van der Waals surface area contributed by atoms with E-state index >= 15 is 0 Å². The van der Waals surface area contributed by atoms with Crippen LogP contribution >= 0.6 is 0 Å². The summed E-state index contributed by atoms with van der Waals surface area (Å²) in [5.74, 6) is -3.16. The average molecular weight is 492 g/mol. The van der Waals surface area contributed by atoms with Gasteiger partial charge in [0.2, 0.25) is 11.8 Å². The Morgan fingerprint density at radius 2 is 1.71 bits per heavy atom. The molecule has 3 aliphatic rings. The number of nitrogens with zero attached hydrogens (tertiary/aromatic N) is 2. The molecule has 3 heterocycles. The molecule has 1 aromatic carbocycles. The second-order valence-electron chi connectivity index (χ2n) is 8.65. The zero-order valence-corrected chi connectivity index (χ0v) is 19.9. The maximum Gasteiger partial charge on any atom is 0.264 e. The van der Waals surface area contributed by atoms with Crippen molar-refractivity contribution in [1.82, 2.24) is 10.2 Å². The summed E-state index contributed by atoms with van der Waals surface area (Å²) >= 11 is 0. The van der Waals surface area contributed by atoms with Crippen LogP contribution in [0.3, 0.4) is 0 Å². The van der Waals surface area contributed by atoms with Crippen LogP contribution in [-0.4, -0.2) is 79.9 Å². The number of anilines is 1. The molecule has 0 saturated carbocycles. The number of carbonyl (C=O) groups is 4. The molecule has 4 rings (SSSR count). The van der Waals surface area contributed by atoms with Gasteiger partial charge >= 0.3 is 0 Å². The molecule has 0 radical (unpaired) electrons. The molecule has 3 aliphatic heterocycles. The van der Waals surface area contributed by atoms with Crippen molar-refractivity contribution >= 4 is 29.3 Å². The summed E-state index contributed by atoms with van der Waals surface area (Å²) in [5.41, 5.74) is 0.352. The minimum atomic E-state index is -1.10. The number of piperidine rings is 2. The van der Waals surface area contributed by atoms with Crippen LogP contribution in [0.15, 0.2) is 12.1 Å². The Labute approximate surface area is 202 Å². The van der Waals surface area contributed by atoms with Gasteiger partial charge in [-0.3, -0.25) is 29.4 Å². The average Bonchev–Trinajstić information content (AvgIpc) is 3.07. The lowest BCUT2D eigenvalue weighted by atomic mass is 10.0. The molecule has 1 N–H and O–H groups in total. The first-order valence-corrected chi connectivity index (χ1v) is 12.0. The summed E-state index contributed by atoms with van der Waals surface area (Å²) in [6, 6.07) is 1.18. The van der Waals surface area contributed by atoms with E-state index in [9.17, 15) is 23.6 Å². The van der Waals surface area contributed by atoms with Crippen molar-refractivity contribution in [3.8, 4) is 0 Å². The van der Waals surface area contributed by atoms with Gasteiger partial charge in [-0.15, -0.1) is 0 Å². The van der Waals surface area contributed by atoms with E-state index in [1.165, 1.54) is 6.07 Å². The van der Waals surface area contributed by atoms with Crippen molar-refractivity contribution < 1.29 is 37.8 Å². The largest absolute Gasteiger partial charge is 0.373 e. The number of fused-ring (bicyclic) bond motifs is 1. The Hall–Kier alpha value is -2.89. The molecule has 1 atom stereocenters. The van der Waals surface area contributed by atoms with E-state index in [4.69, 9.17) is 14.2 Å². The van der Waals surface area contributed by atoms with E-state index < -0.39 is 41.8 Å². The van der Waals surface area contributed by atoms with E-state index in [-0.39, 0.29) is 30.1 Å². The number of amides is 4. The lowest BCUT2D eigenvalue weighted by molar-refractivity contribution is -0.177. The summed E-state index contributed by atoms with van der Waals surface area (Å²) in [6.07, 6.45) is 0.850. The van der Waals surface area contributed by atoms with Crippen LogP contribution in [0.2, 0.25) is 0 Å². The van der Waals surface area contributed by atoms with Crippen molar-refractivity contribution in [3.05, 3.63) is 29.1 Å². The summed E-state index contributed by atoms with van der Waals surface area (Å²) in [5, 5.41) is 2.16. The summed E-state index contributed by atoms with van der Waals surface area (Å²) < 4.78 is 31.5. The molecule has 2 fully saturated rings. The summed E-state index contributed by atoms with van der Waals surface area (Å²) in [4.78, 5) is 52.9. The maximum absolute atomic E-state index is 14.5.